The average molecular weight is 537 g/mol. The van der Waals surface area contributed by atoms with Crippen molar-refractivity contribution in [3.8, 4) is 17.1 Å². The normalized spacial score (nSPS) is 16.2. The van der Waals surface area contributed by atoms with Gasteiger partial charge in [-0.05, 0) is 94.7 Å². The van der Waals surface area contributed by atoms with Crippen LogP contribution in [0.15, 0.2) is 54.7 Å². The average Bonchev–Trinajstić information content (AvgIpc) is 3.23. The lowest BCUT2D eigenvalue weighted by Gasteiger charge is -2.34. The van der Waals surface area contributed by atoms with E-state index in [-0.39, 0.29) is 5.95 Å². The van der Waals surface area contributed by atoms with Crippen LogP contribution in [0, 0.1) is 0 Å². The Bertz CT molecular complexity index is 1480. The van der Waals surface area contributed by atoms with E-state index in [0.717, 1.165) is 67.1 Å². The van der Waals surface area contributed by atoms with Gasteiger partial charge in [0.2, 0.25) is 11.9 Å². The second-order valence-electron chi connectivity index (χ2n) is 10.8. The maximum atomic E-state index is 6.22. The summed E-state index contributed by atoms with van der Waals surface area (Å²) in [5, 5.41) is 16.8. The van der Waals surface area contributed by atoms with E-state index in [1.54, 1.807) is 6.20 Å². The molecule has 0 atom stereocenters. The molecule has 0 spiro atoms. The maximum Gasteiger partial charge on any atom is 0.248 e. The van der Waals surface area contributed by atoms with Crippen LogP contribution in [0.4, 0.5) is 17.6 Å². The molecule has 1 aliphatic carbocycles. The first-order valence-electron chi connectivity index (χ1n) is 14.0. The summed E-state index contributed by atoms with van der Waals surface area (Å²) in [6.45, 7) is 3.22. The van der Waals surface area contributed by atoms with Gasteiger partial charge in [0.05, 0.1) is 23.3 Å². The third kappa shape index (κ3) is 5.73. The summed E-state index contributed by atoms with van der Waals surface area (Å²) in [5.41, 5.74) is 12.5. The number of aromatic nitrogens is 6. The van der Waals surface area contributed by atoms with E-state index in [4.69, 9.17) is 5.73 Å². The molecule has 3 aromatic heterocycles. The molecule has 6 rings (SSSR count). The molecule has 40 heavy (non-hydrogen) atoms. The second kappa shape index (κ2) is 11.5. The summed E-state index contributed by atoms with van der Waals surface area (Å²) >= 11 is 0. The SMILES string of the molecule is CN(C)C1CCN(C/C=C/c2ccc(Nc3nc(N)n(-c4cc5c(nn4)-c4ccccc4CCC5)n3)cn2)CC1. The van der Waals surface area contributed by atoms with Gasteiger partial charge in [0.25, 0.3) is 0 Å². The van der Waals surface area contributed by atoms with Crippen LogP contribution in [0.1, 0.15) is 36.1 Å². The maximum absolute atomic E-state index is 6.22. The number of piperidine rings is 1. The van der Waals surface area contributed by atoms with Gasteiger partial charge in [0.15, 0.2) is 5.82 Å². The molecule has 1 saturated heterocycles. The lowest BCUT2D eigenvalue weighted by Crippen LogP contribution is -2.41. The molecule has 0 bridgehead atoms. The Balaban J connectivity index is 1.09. The van der Waals surface area contributed by atoms with Crippen LogP contribution in [0.5, 0.6) is 0 Å². The van der Waals surface area contributed by atoms with E-state index in [1.807, 2.05) is 24.3 Å². The number of benzene rings is 1. The number of hydrogen-bond donors (Lipinski definition) is 2. The first-order valence-corrected chi connectivity index (χ1v) is 14.0. The van der Waals surface area contributed by atoms with Gasteiger partial charge < -0.3 is 16.0 Å². The zero-order valence-corrected chi connectivity index (χ0v) is 23.2. The van der Waals surface area contributed by atoms with Gasteiger partial charge in [-0.2, -0.15) is 9.67 Å². The number of aryl methyl sites for hydroxylation is 2. The highest BCUT2D eigenvalue weighted by Gasteiger charge is 2.20. The number of fused-ring (bicyclic) bond motifs is 3. The molecule has 1 aromatic carbocycles. The Labute approximate surface area is 235 Å². The molecule has 10 nitrogen and oxygen atoms in total. The van der Waals surface area contributed by atoms with Crippen molar-refractivity contribution in [2.24, 2.45) is 0 Å². The molecular formula is C30H36N10. The number of likely N-dealkylation sites (tertiary alicyclic amines) is 1. The van der Waals surface area contributed by atoms with Crippen molar-refractivity contribution in [2.75, 3.05) is 44.8 Å². The molecule has 0 amide bonds. The van der Waals surface area contributed by atoms with Gasteiger partial charge in [0.1, 0.15) is 0 Å². The highest BCUT2D eigenvalue weighted by Crippen LogP contribution is 2.31. The van der Waals surface area contributed by atoms with E-state index in [0.29, 0.717) is 17.8 Å². The van der Waals surface area contributed by atoms with Crippen molar-refractivity contribution in [2.45, 2.75) is 38.1 Å². The minimum Gasteiger partial charge on any atom is -0.368 e. The molecule has 10 heteroatoms. The van der Waals surface area contributed by atoms with Crippen LogP contribution < -0.4 is 11.1 Å². The smallest absolute Gasteiger partial charge is 0.248 e. The fraction of sp³-hybridized carbons (Fsp3) is 0.367. The van der Waals surface area contributed by atoms with E-state index in [2.05, 4.69) is 84.8 Å². The molecular weight excluding hydrogens is 500 g/mol. The van der Waals surface area contributed by atoms with Crippen molar-refractivity contribution >= 4 is 23.7 Å². The minimum absolute atomic E-state index is 0.243. The number of nitrogens with one attached hydrogen (secondary N) is 1. The van der Waals surface area contributed by atoms with Gasteiger partial charge in [-0.3, -0.25) is 9.88 Å². The van der Waals surface area contributed by atoms with Crippen LogP contribution in [0.2, 0.25) is 0 Å². The van der Waals surface area contributed by atoms with E-state index < -0.39 is 0 Å². The number of pyridine rings is 1. The van der Waals surface area contributed by atoms with Crippen LogP contribution in [0.25, 0.3) is 23.2 Å². The Hall–Kier alpha value is -4.15. The predicted molar refractivity (Wildman–Crippen MR) is 159 cm³/mol. The fourth-order valence-electron chi connectivity index (χ4n) is 5.57. The second-order valence-corrected chi connectivity index (χ2v) is 10.8. The van der Waals surface area contributed by atoms with Gasteiger partial charge in [-0.25, -0.2) is 0 Å². The molecule has 4 heterocycles. The van der Waals surface area contributed by atoms with E-state index >= 15 is 0 Å². The molecule has 2 aliphatic rings. The Kier molecular flexibility index (Phi) is 7.52. The number of anilines is 3. The third-order valence-electron chi connectivity index (χ3n) is 7.86. The first kappa shape index (κ1) is 26.1. The van der Waals surface area contributed by atoms with Gasteiger partial charge in [-0.15, -0.1) is 15.3 Å². The molecule has 0 radical (unpaired) electrons. The first-order chi connectivity index (χ1) is 19.5. The number of hydrogen-bond acceptors (Lipinski definition) is 9. The quantitative estimate of drug-likeness (QED) is 0.362. The minimum atomic E-state index is 0.243. The molecule has 1 fully saturated rings. The van der Waals surface area contributed by atoms with Gasteiger partial charge in [0, 0.05) is 18.2 Å². The Morgan fingerprint density at radius 1 is 1.05 bits per heavy atom. The number of rotatable bonds is 7. The highest BCUT2D eigenvalue weighted by molar-refractivity contribution is 5.68. The molecule has 3 N–H and O–H groups in total. The van der Waals surface area contributed by atoms with Gasteiger partial charge >= 0.3 is 0 Å². The summed E-state index contributed by atoms with van der Waals surface area (Å²) in [7, 11) is 4.34. The van der Waals surface area contributed by atoms with Crippen LogP contribution >= 0.6 is 0 Å². The van der Waals surface area contributed by atoms with Crippen LogP contribution in [-0.4, -0.2) is 79.5 Å². The van der Waals surface area contributed by atoms with E-state index in [1.165, 1.54) is 23.1 Å². The zero-order chi connectivity index (χ0) is 27.5. The summed E-state index contributed by atoms with van der Waals surface area (Å²) < 4.78 is 1.53. The van der Waals surface area contributed by atoms with Crippen LogP contribution in [0.3, 0.4) is 0 Å². The largest absolute Gasteiger partial charge is 0.368 e. The number of nitrogen functional groups attached to an aromatic ring is 1. The standard InChI is InChI=1S/C30H36N10/c1-38(2)25-14-17-39(18-15-25)16-6-10-23-12-13-24(20-32-23)33-30-34-29(31)40(37-30)27-19-22-9-5-8-21-7-3-4-11-26(21)28(22)36-35-27/h3-4,6-7,10-13,19-20,25H,5,8-9,14-18H2,1-2H3,(H3,31,33,34,37)/b10-6+. The lowest BCUT2D eigenvalue weighted by atomic mass is 10.0. The summed E-state index contributed by atoms with van der Waals surface area (Å²) in [6.07, 6.45) is 11.5. The molecule has 0 unspecified atom stereocenters. The predicted octanol–water partition coefficient (Wildman–Crippen LogP) is 3.97. The fourth-order valence-corrected chi connectivity index (χ4v) is 5.57. The summed E-state index contributed by atoms with van der Waals surface area (Å²) in [4.78, 5) is 13.8. The number of nitrogens with zero attached hydrogens (tertiary/aromatic N) is 8. The highest BCUT2D eigenvalue weighted by atomic mass is 15.4. The van der Waals surface area contributed by atoms with Crippen molar-refractivity contribution < 1.29 is 0 Å². The molecule has 1 aliphatic heterocycles. The van der Waals surface area contributed by atoms with Gasteiger partial charge in [-0.1, -0.05) is 30.3 Å². The monoisotopic (exact) mass is 536 g/mol. The topological polar surface area (TPSA) is 114 Å². The van der Waals surface area contributed by atoms with Crippen molar-refractivity contribution in [1.29, 1.82) is 0 Å². The summed E-state index contributed by atoms with van der Waals surface area (Å²) in [5.74, 6) is 1.18. The lowest BCUT2D eigenvalue weighted by molar-refractivity contribution is 0.155. The van der Waals surface area contributed by atoms with Crippen molar-refractivity contribution in [3.05, 3.63) is 71.6 Å². The summed E-state index contributed by atoms with van der Waals surface area (Å²) in [6, 6.07) is 15.1. The molecule has 4 aromatic rings. The van der Waals surface area contributed by atoms with E-state index in [9.17, 15) is 0 Å². The van der Waals surface area contributed by atoms with Crippen molar-refractivity contribution in [3.63, 3.8) is 0 Å². The zero-order valence-electron chi connectivity index (χ0n) is 23.2. The van der Waals surface area contributed by atoms with Crippen LogP contribution in [-0.2, 0) is 12.8 Å². The Morgan fingerprint density at radius 2 is 1.88 bits per heavy atom. The Morgan fingerprint density at radius 3 is 2.67 bits per heavy atom. The number of nitrogens with two attached hydrogens (primary N) is 1. The van der Waals surface area contributed by atoms with Crippen molar-refractivity contribution in [1.82, 2.24) is 39.7 Å². The molecule has 0 saturated carbocycles. The third-order valence-corrected chi connectivity index (χ3v) is 7.86. The molecule has 206 valence electrons.